The quantitative estimate of drug-likeness (QED) is 0.490. The van der Waals surface area contributed by atoms with Crippen molar-refractivity contribution in [2.75, 3.05) is 10.6 Å². The zero-order chi connectivity index (χ0) is 21.6. The Labute approximate surface area is 186 Å². The Hall–Kier alpha value is -2.99. The molecule has 1 fully saturated rings. The van der Waals surface area contributed by atoms with E-state index in [1.165, 1.54) is 24.8 Å². The van der Waals surface area contributed by atoms with E-state index in [1.54, 1.807) is 12.1 Å². The lowest BCUT2D eigenvalue weighted by molar-refractivity contribution is -0.120. The van der Waals surface area contributed by atoms with Gasteiger partial charge in [-0.05, 0) is 48.7 Å². The van der Waals surface area contributed by atoms with E-state index >= 15 is 0 Å². The van der Waals surface area contributed by atoms with E-state index in [1.807, 2.05) is 24.3 Å². The Morgan fingerprint density at radius 3 is 2.68 bits per heavy atom. The molecule has 0 bridgehead atoms. The van der Waals surface area contributed by atoms with E-state index in [4.69, 9.17) is 11.6 Å². The summed E-state index contributed by atoms with van der Waals surface area (Å²) < 4.78 is 13.4. The molecule has 160 valence electrons. The van der Waals surface area contributed by atoms with Gasteiger partial charge in [0.2, 0.25) is 5.91 Å². The first-order chi connectivity index (χ1) is 15.1. The van der Waals surface area contributed by atoms with Crippen molar-refractivity contribution in [3.63, 3.8) is 0 Å². The van der Waals surface area contributed by atoms with E-state index in [0.717, 1.165) is 31.2 Å². The van der Waals surface area contributed by atoms with Crippen LogP contribution in [0.4, 0.5) is 16.0 Å². The molecule has 2 aromatic heterocycles. The third-order valence-electron chi connectivity index (χ3n) is 5.47. The summed E-state index contributed by atoms with van der Waals surface area (Å²) in [5, 5.41) is 6.58. The van der Waals surface area contributed by atoms with Gasteiger partial charge in [-0.25, -0.2) is 14.4 Å². The minimum atomic E-state index is -0.271. The predicted molar refractivity (Wildman–Crippen MR) is 121 cm³/mol. The summed E-state index contributed by atoms with van der Waals surface area (Å²) in [6.45, 7) is 0.445. The molecule has 0 spiro atoms. The van der Waals surface area contributed by atoms with E-state index in [-0.39, 0.29) is 17.6 Å². The first kappa shape index (κ1) is 21.2. The first-order valence-corrected chi connectivity index (χ1v) is 10.9. The maximum atomic E-state index is 13.4. The fourth-order valence-electron chi connectivity index (χ4n) is 3.82. The minimum Gasteiger partial charge on any atom is -0.366 e. The number of pyridine rings is 2. The molecule has 1 aliphatic rings. The zero-order valence-electron chi connectivity index (χ0n) is 17.1. The van der Waals surface area contributed by atoms with Gasteiger partial charge in [0.05, 0.1) is 10.7 Å². The number of aromatic nitrogens is 2. The molecule has 1 aromatic carbocycles. The second kappa shape index (κ2) is 9.88. The molecule has 0 atom stereocenters. The summed E-state index contributed by atoms with van der Waals surface area (Å²) >= 11 is 6.38. The van der Waals surface area contributed by atoms with E-state index in [0.29, 0.717) is 34.5 Å². The first-order valence-electron chi connectivity index (χ1n) is 10.5. The second-order valence-electron chi connectivity index (χ2n) is 7.77. The number of halogens is 2. The van der Waals surface area contributed by atoms with Crippen molar-refractivity contribution < 1.29 is 9.18 Å². The predicted octanol–water partition coefficient (Wildman–Crippen LogP) is 6.07. The maximum absolute atomic E-state index is 13.4. The molecule has 0 unspecified atom stereocenters. The molecule has 3 aromatic rings. The summed E-state index contributed by atoms with van der Waals surface area (Å²) in [7, 11) is 0. The molecular weight excluding hydrogens is 415 g/mol. The Kier molecular flexibility index (Phi) is 6.77. The molecule has 7 heteroatoms. The topological polar surface area (TPSA) is 66.9 Å². The summed E-state index contributed by atoms with van der Waals surface area (Å²) in [6, 6.07) is 13.7. The van der Waals surface area contributed by atoms with Crippen LogP contribution in [0.25, 0.3) is 11.3 Å². The number of carbonyl (C=O) groups excluding carboxylic acids is 1. The highest BCUT2D eigenvalue weighted by molar-refractivity contribution is 6.33. The molecule has 1 amide bonds. The third kappa shape index (κ3) is 5.58. The fraction of sp³-hybridized carbons (Fsp3) is 0.292. The van der Waals surface area contributed by atoms with E-state index in [2.05, 4.69) is 20.6 Å². The molecule has 0 saturated heterocycles. The van der Waals surface area contributed by atoms with Crippen LogP contribution in [-0.4, -0.2) is 15.9 Å². The molecule has 0 aliphatic heterocycles. The molecule has 2 N–H and O–H groups in total. The maximum Gasteiger partial charge on any atom is 0.228 e. The minimum absolute atomic E-state index is 0.0129. The largest absolute Gasteiger partial charge is 0.366 e. The Morgan fingerprint density at radius 2 is 1.87 bits per heavy atom. The zero-order valence-corrected chi connectivity index (χ0v) is 17.8. The smallest absolute Gasteiger partial charge is 0.228 e. The molecule has 1 saturated carbocycles. The average Bonchev–Trinajstić information content (AvgIpc) is 2.80. The number of amides is 1. The van der Waals surface area contributed by atoms with Gasteiger partial charge in [0, 0.05) is 24.2 Å². The van der Waals surface area contributed by atoms with Crippen molar-refractivity contribution in [3.8, 4) is 11.3 Å². The van der Waals surface area contributed by atoms with Gasteiger partial charge in [-0.15, -0.1) is 0 Å². The molecule has 0 radical (unpaired) electrons. The van der Waals surface area contributed by atoms with Gasteiger partial charge in [0.1, 0.15) is 17.5 Å². The van der Waals surface area contributed by atoms with Gasteiger partial charge in [0.25, 0.3) is 0 Å². The molecule has 1 aliphatic carbocycles. The van der Waals surface area contributed by atoms with Gasteiger partial charge >= 0.3 is 0 Å². The van der Waals surface area contributed by atoms with Crippen LogP contribution >= 0.6 is 11.6 Å². The molecule has 2 heterocycles. The number of anilines is 2. The molecule has 4 rings (SSSR count). The number of hydrogen-bond donors (Lipinski definition) is 2. The third-order valence-corrected chi connectivity index (χ3v) is 5.77. The van der Waals surface area contributed by atoms with E-state index in [9.17, 15) is 9.18 Å². The van der Waals surface area contributed by atoms with Crippen LogP contribution in [0.3, 0.4) is 0 Å². The number of rotatable bonds is 6. The highest BCUT2D eigenvalue weighted by atomic mass is 35.5. The lowest BCUT2D eigenvalue weighted by atomic mass is 9.89. The highest BCUT2D eigenvalue weighted by Gasteiger charge is 2.21. The van der Waals surface area contributed by atoms with Gasteiger partial charge in [-0.1, -0.05) is 49.1 Å². The SMILES string of the molecule is O=C(Nc1cc(-c2cccc(NCc3cccc(F)c3)n2)c(Cl)cn1)C1CCCCC1. The fourth-order valence-corrected chi connectivity index (χ4v) is 4.02. The van der Waals surface area contributed by atoms with Crippen LogP contribution in [0.1, 0.15) is 37.7 Å². The van der Waals surface area contributed by atoms with Gasteiger partial charge in [0.15, 0.2) is 0 Å². The summed E-state index contributed by atoms with van der Waals surface area (Å²) in [5.74, 6) is 0.895. The lowest BCUT2D eigenvalue weighted by Crippen LogP contribution is -2.25. The second-order valence-corrected chi connectivity index (χ2v) is 8.17. The number of carbonyl (C=O) groups is 1. The van der Waals surface area contributed by atoms with Gasteiger partial charge < -0.3 is 10.6 Å². The number of nitrogens with zero attached hydrogens (tertiary/aromatic N) is 2. The monoisotopic (exact) mass is 438 g/mol. The Bertz CT molecular complexity index is 1070. The van der Waals surface area contributed by atoms with Crippen LogP contribution in [0.5, 0.6) is 0 Å². The van der Waals surface area contributed by atoms with Gasteiger partial charge in [-0.3, -0.25) is 4.79 Å². The van der Waals surface area contributed by atoms with E-state index < -0.39 is 0 Å². The Morgan fingerprint density at radius 1 is 1.06 bits per heavy atom. The van der Waals surface area contributed by atoms with Gasteiger partial charge in [-0.2, -0.15) is 0 Å². The normalized spacial score (nSPS) is 14.3. The summed E-state index contributed by atoms with van der Waals surface area (Å²) in [5.41, 5.74) is 2.16. The van der Waals surface area contributed by atoms with Crippen molar-refractivity contribution in [1.82, 2.24) is 9.97 Å². The van der Waals surface area contributed by atoms with Crippen molar-refractivity contribution in [3.05, 3.63) is 71.1 Å². The van der Waals surface area contributed by atoms with Crippen molar-refractivity contribution in [1.29, 1.82) is 0 Å². The van der Waals surface area contributed by atoms with Crippen LogP contribution in [0.15, 0.2) is 54.7 Å². The number of nitrogens with one attached hydrogen (secondary N) is 2. The molecular formula is C24H24ClFN4O. The van der Waals surface area contributed by atoms with Crippen LogP contribution in [-0.2, 0) is 11.3 Å². The molecule has 31 heavy (non-hydrogen) atoms. The van der Waals surface area contributed by atoms with Crippen molar-refractivity contribution in [2.45, 2.75) is 38.6 Å². The number of hydrogen-bond acceptors (Lipinski definition) is 4. The highest BCUT2D eigenvalue weighted by Crippen LogP contribution is 2.30. The summed E-state index contributed by atoms with van der Waals surface area (Å²) in [4.78, 5) is 21.4. The average molecular weight is 439 g/mol. The van der Waals surface area contributed by atoms with Crippen molar-refractivity contribution >= 4 is 29.1 Å². The van der Waals surface area contributed by atoms with Crippen molar-refractivity contribution in [2.24, 2.45) is 5.92 Å². The number of benzene rings is 1. The Balaban J connectivity index is 1.48. The summed E-state index contributed by atoms with van der Waals surface area (Å²) in [6.07, 6.45) is 6.76. The van der Waals surface area contributed by atoms with Crippen LogP contribution < -0.4 is 10.6 Å². The standard InChI is InChI=1S/C24H24ClFN4O/c25-20-15-28-23(30-24(31)17-7-2-1-3-8-17)13-19(20)21-10-5-11-22(29-21)27-14-16-6-4-9-18(26)12-16/h4-6,9-13,15,17H,1-3,7-8,14H2,(H,27,29)(H,28,30,31). The van der Waals surface area contributed by atoms with Crippen LogP contribution in [0, 0.1) is 11.7 Å². The molecule has 5 nitrogen and oxygen atoms in total. The van der Waals surface area contributed by atoms with Crippen LogP contribution in [0.2, 0.25) is 5.02 Å². The lowest BCUT2D eigenvalue weighted by Gasteiger charge is -2.20.